The third-order valence-corrected chi connectivity index (χ3v) is 5.86. The third-order valence-electron chi connectivity index (χ3n) is 4.05. The second-order valence-electron chi connectivity index (χ2n) is 6.18. The summed E-state index contributed by atoms with van der Waals surface area (Å²) in [6.07, 6.45) is 0.700. The maximum atomic E-state index is 12.5. The molecule has 2 aromatic carbocycles. The summed E-state index contributed by atoms with van der Waals surface area (Å²) in [5.74, 6) is -0.380. The second-order valence-corrected chi connectivity index (χ2v) is 8.33. The number of sulfonamides is 1. The van der Waals surface area contributed by atoms with Crippen molar-refractivity contribution in [1.29, 1.82) is 0 Å². The number of amides is 1. The van der Waals surface area contributed by atoms with Gasteiger partial charge in [0.05, 0.1) is 17.0 Å². The van der Waals surface area contributed by atoms with Gasteiger partial charge in [-0.25, -0.2) is 8.42 Å². The van der Waals surface area contributed by atoms with E-state index < -0.39 is 16.1 Å². The second kappa shape index (κ2) is 8.66. The first kappa shape index (κ1) is 20.4. The number of nitrogens with one attached hydrogen (secondary N) is 2. The Kier molecular flexibility index (Phi) is 6.81. The number of aryl methyl sites for hydroxylation is 1. The highest BCUT2D eigenvalue weighted by molar-refractivity contribution is 7.89. The van der Waals surface area contributed by atoms with Crippen LogP contribution in [-0.4, -0.2) is 20.4 Å². The topological polar surface area (TPSA) is 75.3 Å². The minimum atomic E-state index is -3.80. The smallest absolute Gasteiger partial charge is 0.241 e. The van der Waals surface area contributed by atoms with Gasteiger partial charge in [-0.05, 0) is 50.1 Å². The number of hydrogen-bond acceptors (Lipinski definition) is 3. The number of hydrogen-bond donors (Lipinski definition) is 2. The van der Waals surface area contributed by atoms with Crippen LogP contribution >= 0.6 is 11.6 Å². The molecule has 2 aromatic rings. The Morgan fingerprint density at radius 2 is 1.65 bits per heavy atom. The number of carbonyl (C=O) groups is 1. The Morgan fingerprint density at radius 1 is 1.08 bits per heavy atom. The van der Waals surface area contributed by atoms with E-state index in [-0.39, 0.29) is 16.8 Å². The molecule has 0 spiro atoms. The van der Waals surface area contributed by atoms with E-state index in [0.717, 1.165) is 11.1 Å². The molecule has 1 unspecified atom stereocenters. The summed E-state index contributed by atoms with van der Waals surface area (Å²) in [6, 6.07) is 12.6. The zero-order valence-electron chi connectivity index (χ0n) is 15.0. The van der Waals surface area contributed by atoms with Gasteiger partial charge in [-0.2, -0.15) is 4.72 Å². The van der Waals surface area contributed by atoms with Crippen molar-refractivity contribution in [2.24, 2.45) is 0 Å². The highest BCUT2D eigenvalue weighted by Crippen LogP contribution is 2.18. The van der Waals surface area contributed by atoms with Crippen LogP contribution < -0.4 is 10.0 Å². The Hall–Kier alpha value is -1.89. The number of benzene rings is 2. The van der Waals surface area contributed by atoms with Crippen molar-refractivity contribution in [3.8, 4) is 0 Å². The summed E-state index contributed by atoms with van der Waals surface area (Å²) in [5, 5.41) is 3.34. The normalized spacial score (nSPS) is 13.8. The van der Waals surface area contributed by atoms with Crippen LogP contribution in [0.5, 0.6) is 0 Å². The Labute approximate surface area is 159 Å². The summed E-state index contributed by atoms with van der Waals surface area (Å²) in [7, 11) is -3.80. The van der Waals surface area contributed by atoms with Crippen molar-refractivity contribution >= 4 is 27.5 Å². The Bertz CT molecular complexity index is 849. The van der Waals surface area contributed by atoms with E-state index in [1.54, 1.807) is 0 Å². The predicted molar refractivity (Wildman–Crippen MR) is 104 cm³/mol. The van der Waals surface area contributed by atoms with Crippen molar-refractivity contribution in [2.75, 3.05) is 0 Å². The van der Waals surface area contributed by atoms with Gasteiger partial charge in [0.15, 0.2) is 0 Å². The van der Waals surface area contributed by atoms with Crippen molar-refractivity contribution in [1.82, 2.24) is 10.0 Å². The minimum Gasteiger partial charge on any atom is -0.348 e. The molecule has 0 saturated carbocycles. The average molecular weight is 395 g/mol. The predicted octanol–water partition coefficient (Wildman–Crippen LogP) is 3.58. The number of carbonyl (C=O) groups excluding carboxylic acids is 1. The van der Waals surface area contributed by atoms with Crippen LogP contribution in [-0.2, 0) is 14.8 Å². The Balaban J connectivity index is 2.06. The van der Waals surface area contributed by atoms with Gasteiger partial charge >= 0.3 is 0 Å². The van der Waals surface area contributed by atoms with E-state index in [4.69, 9.17) is 11.6 Å². The number of halogens is 1. The fourth-order valence-electron chi connectivity index (χ4n) is 2.48. The molecule has 0 aromatic heterocycles. The molecule has 26 heavy (non-hydrogen) atoms. The van der Waals surface area contributed by atoms with E-state index in [2.05, 4.69) is 10.0 Å². The monoisotopic (exact) mass is 394 g/mol. The summed E-state index contributed by atoms with van der Waals surface area (Å²) in [6.45, 7) is 5.48. The maximum absolute atomic E-state index is 12.5. The van der Waals surface area contributed by atoms with Gasteiger partial charge in [0, 0.05) is 5.02 Å². The average Bonchev–Trinajstić information content (AvgIpc) is 2.60. The standard InChI is InChI=1S/C19H23ClN2O3S/c1-4-18(15-7-5-13(2)6-8-15)21-19(23)14(3)22-26(24,25)17-11-9-16(20)10-12-17/h5-12,14,18,22H,4H2,1-3H3,(H,21,23)/t14-,18?/m0/s1. The first-order valence-corrected chi connectivity index (χ1v) is 10.2. The third kappa shape index (κ3) is 5.30. The quantitative estimate of drug-likeness (QED) is 0.753. The van der Waals surface area contributed by atoms with Gasteiger partial charge in [0.1, 0.15) is 0 Å². The van der Waals surface area contributed by atoms with Gasteiger partial charge < -0.3 is 5.32 Å². The van der Waals surface area contributed by atoms with Crippen LogP contribution in [0.25, 0.3) is 0 Å². The highest BCUT2D eigenvalue weighted by Gasteiger charge is 2.23. The first-order chi connectivity index (χ1) is 12.2. The molecule has 0 aliphatic rings. The fraction of sp³-hybridized carbons (Fsp3) is 0.316. The van der Waals surface area contributed by atoms with Gasteiger partial charge in [0.2, 0.25) is 15.9 Å². The molecule has 5 nitrogen and oxygen atoms in total. The zero-order valence-corrected chi connectivity index (χ0v) is 16.6. The fourth-order valence-corrected chi connectivity index (χ4v) is 3.81. The van der Waals surface area contributed by atoms with Gasteiger partial charge in [0.25, 0.3) is 0 Å². The molecule has 1 amide bonds. The maximum Gasteiger partial charge on any atom is 0.241 e. The summed E-state index contributed by atoms with van der Waals surface area (Å²) in [5.41, 5.74) is 2.12. The first-order valence-electron chi connectivity index (χ1n) is 8.37. The minimum absolute atomic E-state index is 0.0622. The molecule has 0 saturated heterocycles. The van der Waals surface area contributed by atoms with Gasteiger partial charge in [-0.3, -0.25) is 4.79 Å². The molecule has 2 atom stereocenters. The van der Waals surface area contributed by atoms with Crippen molar-refractivity contribution in [3.63, 3.8) is 0 Å². The molecule has 2 rings (SSSR count). The van der Waals surface area contributed by atoms with Crippen LogP contribution in [0.1, 0.15) is 37.4 Å². The number of rotatable bonds is 7. The Morgan fingerprint density at radius 3 is 2.19 bits per heavy atom. The van der Waals surface area contributed by atoms with E-state index in [1.165, 1.54) is 31.2 Å². The van der Waals surface area contributed by atoms with Gasteiger partial charge in [-0.15, -0.1) is 0 Å². The van der Waals surface area contributed by atoms with E-state index in [9.17, 15) is 13.2 Å². The van der Waals surface area contributed by atoms with Crippen LogP contribution in [0.15, 0.2) is 53.4 Å². The molecular weight excluding hydrogens is 372 g/mol. The van der Waals surface area contributed by atoms with E-state index in [0.29, 0.717) is 11.4 Å². The van der Waals surface area contributed by atoms with Crippen molar-refractivity contribution in [3.05, 3.63) is 64.7 Å². The molecule has 0 aliphatic carbocycles. The largest absolute Gasteiger partial charge is 0.348 e. The lowest BCUT2D eigenvalue weighted by molar-refractivity contribution is -0.123. The molecule has 0 bridgehead atoms. The van der Waals surface area contributed by atoms with Crippen molar-refractivity contribution in [2.45, 2.75) is 44.2 Å². The van der Waals surface area contributed by atoms with Crippen LogP contribution in [0.4, 0.5) is 0 Å². The lowest BCUT2D eigenvalue weighted by Gasteiger charge is -2.21. The molecule has 0 fully saturated rings. The lowest BCUT2D eigenvalue weighted by atomic mass is 10.0. The summed E-state index contributed by atoms with van der Waals surface area (Å²) >= 11 is 5.78. The van der Waals surface area contributed by atoms with Crippen molar-refractivity contribution < 1.29 is 13.2 Å². The van der Waals surface area contributed by atoms with E-state index >= 15 is 0 Å². The summed E-state index contributed by atoms with van der Waals surface area (Å²) in [4.78, 5) is 12.5. The summed E-state index contributed by atoms with van der Waals surface area (Å²) < 4.78 is 27.2. The highest BCUT2D eigenvalue weighted by atomic mass is 35.5. The molecule has 0 radical (unpaired) electrons. The molecular formula is C19H23ClN2O3S. The van der Waals surface area contributed by atoms with Crippen LogP contribution in [0.3, 0.4) is 0 Å². The molecule has 140 valence electrons. The van der Waals surface area contributed by atoms with Crippen LogP contribution in [0.2, 0.25) is 5.02 Å². The molecule has 2 N–H and O–H groups in total. The lowest BCUT2D eigenvalue weighted by Crippen LogP contribution is -2.45. The van der Waals surface area contributed by atoms with E-state index in [1.807, 2.05) is 38.1 Å². The SMILES string of the molecule is CCC(NC(=O)[C@H](C)NS(=O)(=O)c1ccc(Cl)cc1)c1ccc(C)cc1. The molecule has 0 aliphatic heterocycles. The van der Waals surface area contributed by atoms with Crippen LogP contribution in [0, 0.1) is 6.92 Å². The molecule has 0 heterocycles. The zero-order chi connectivity index (χ0) is 19.3. The van der Waals surface area contributed by atoms with Gasteiger partial charge in [-0.1, -0.05) is 48.4 Å². The molecule has 7 heteroatoms.